The highest BCUT2D eigenvalue weighted by Crippen LogP contribution is 2.26. The van der Waals surface area contributed by atoms with E-state index in [0.29, 0.717) is 10.8 Å². The molecule has 2 rings (SSSR count). The highest BCUT2D eigenvalue weighted by atomic mass is 19.1. The smallest absolute Gasteiger partial charge is 0.250 e. The molecule has 0 aromatic heterocycles. The van der Waals surface area contributed by atoms with Crippen LogP contribution in [0, 0.1) is 19.7 Å². The summed E-state index contributed by atoms with van der Waals surface area (Å²) in [6, 6.07) is 9.89. The summed E-state index contributed by atoms with van der Waals surface area (Å²) >= 11 is 0. The molecule has 1 N–H and O–H groups in total. The van der Waals surface area contributed by atoms with Gasteiger partial charge in [-0.15, -0.1) is 0 Å². The van der Waals surface area contributed by atoms with Gasteiger partial charge in [-0.25, -0.2) is 4.39 Å². The lowest BCUT2D eigenvalue weighted by Gasteiger charge is -2.19. The maximum Gasteiger partial charge on any atom is 0.250 e. The first-order valence-electron chi connectivity index (χ1n) is 7.43. The molecule has 0 unspecified atom stereocenters. The third-order valence-electron chi connectivity index (χ3n) is 3.56. The molecule has 0 radical (unpaired) electrons. The molecule has 1 amide bonds. The minimum Gasteiger partial charge on any atom is -0.488 e. The third-order valence-corrected chi connectivity index (χ3v) is 3.56. The predicted octanol–water partition coefficient (Wildman–Crippen LogP) is 4.15. The van der Waals surface area contributed by atoms with Crippen molar-refractivity contribution in [2.75, 3.05) is 5.06 Å². The first-order chi connectivity index (χ1) is 10.9. The number of amides is 1. The Morgan fingerprint density at radius 2 is 2.00 bits per heavy atom. The molecule has 2 aromatic rings. The number of hydrogen-bond donors (Lipinski definition) is 1. The maximum absolute atomic E-state index is 14.1. The first kappa shape index (κ1) is 17.0. The number of aryl methyl sites for hydroxylation is 2. The number of hydroxylamine groups is 1. The topological polar surface area (TPSA) is 49.8 Å². The van der Waals surface area contributed by atoms with E-state index in [1.165, 1.54) is 18.2 Å². The summed E-state index contributed by atoms with van der Waals surface area (Å²) in [6.45, 7) is 5.42. The van der Waals surface area contributed by atoms with Gasteiger partial charge in [-0.2, -0.15) is 5.06 Å². The van der Waals surface area contributed by atoms with Crippen LogP contribution in [0.15, 0.2) is 36.4 Å². The van der Waals surface area contributed by atoms with Crippen molar-refractivity contribution in [1.82, 2.24) is 0 Å². The number of rotatable bonds is 5. The Morgan fingerprint density at radius 1 is 1.26 bits per heavy atom. The van der Waals surface area contributed by atoms with Crippen molar-refractivity contribution in [3.8, 4) is 5.75 Å². The Balaban J connectivity index is 2.27. The quantitative estimate of drug-likeness (QED) is 0.665. The van der Waals surface area contributed by atoms with Crippen molar-refractivity contribution in [1.29, 1.82) is 0 Å². The number of halogens is 1. The van der Waals surface area contributed by atoms with Gasteiger partial charge in [0, 0.05) is 6.42 Å². The van der Waals surface area contributed by atoms with Crippen molar-refractivity contribution in [2.24, 2.45) is 0 Å². The molecule has 0 heterocycles. The molecule has 0 fully saturated rings. The number of benzene rings is 2. The number of ether oxygens (including phenoxy) is 1. The zero-order chi connectivity index (χ0) is 17.0. The summed E-state index contributed by atoms with van der Waals surface area (Å²) in [6.07, 6.45) is 0.115. The standard InChI is InChI=1S/C18H20FNO3/c1-4-18(21)20(22)16-7-5-6-15(19)14(16)11-23-17-9-8-12(2)10-13(17)3/h5-10,22H,4,11H2,1-3H3. The third kappa shape index (κ3) is 3.87. The molecule has 122 valence electrons. The average Bonchev–Trinajstić information content (AvgIpc) is 2.53. The molecule has 0 atom stereocenters. The SMILES string of the molecule is CCC(=O)N(O)c1cccc(F)c1COc1ccc(C)cc1C. The van der Waals surface area contributed by atoms with Gasteiger partial charge in [-0.1, -0.05) is 30.7 Å². The van der Waals surface area contributed by atoms with Crippen molar-refractivity contribution < 1.29 is 19.1 Å². The Bertz CT molecular complexity index is 715. The molecule has 0 aliphatic carbocycles. The Labute approximate surface area is 135 Å². The number of carbonyl (C=O) groups excluding carboxylic acids is 1. The first-order valence-corrected chi connectivity index (χ1v) is 7.43. The van der Waals surface area contributed by atoms with Crippen molar-refractivity contribution in [2.45, 2.75) is 33.8 Å². The number of nitrogens with zero attached hydrogens (tertiary/aromatic N) is 1. The van der Waals surface area contributed by atoms with E-state index < -0.39 is 11.7 Å². The van der Waals surface area contributed by atoms with Crippen LogP contribution in [0.4, 0.5) is 10.1 Å². The van der Waals surface area contributed by atoms with Gasteiger partial charge in [-0.05, 0) is 37.6 Å². The van der Waals surface area contributed by atoms with Gasteiger partial charge in [-0.3, -0.25) is 10.0 Å². The number of carbonyl (C=O) groups is 1. The lowest BCUT2D eigenvalue weighted by Crippen LogP contribution is -2.27. The largest absolute Gasteiger partial charge is 0.488 e. The van der Waals surface area contributed by atoms with Gasteiger partial charge in [0.1, 0.15) is 18.2 Å². The molecule has 23 heavy (non-hydrogen) atoms. The van der Waals surface area contributed by atoms with Crippen molar-refractivity contribution >= 4 is 11.6 Å². The Hall–Kier alpha value is -2.40. The van der Waals surface area contributed by atoms with Crippen LogP contribution in [0.3, 0.4) is 0 Å². The monoisotopic (exact) mass is 317 g/mol. The van der Waals surface area contributed by atoms with Crippen LogP contribution in [-0.2, 0) is 11.4 Å². The second-order valence-corrected chi connectivity index (χ2v) is 5.35. The van der Waals surface area contributed by atoms with Gasteiger partial charge in [0.2, 0.25) is 5.91 Å². The summed E-state index contributed by atoms with van der Waals surface area (Å²) in [5.41, 5.74) is 2.28. The van der Waals surface area contributed by atoms with E-state index in [4.69, 9.17) is 4.74 Å². The molecular formula is C18H20FNO3. The van der Waals surface area contributed by atoms with Gasteiger partial charge in [0.15, 0.2) is 0 Å². The van der Waals surface area contributed by atoms with Crippen LogP contribution in [0.1, 0.15) is 30.0 Å². The lowest BCUT2D eigenvalue weighted by atomic mass is 10.1. The summed E-state index contributed by atoms with van der Waals surface area (Å²) in [5.74, 6) is -0.408. The van der Waals surface area contributed by atoms with Gasteiger partial charge < -0.3 is 4.74 Å². The van der Waals surface area contributed by atoms with Gasteiger partial charge in [0.25, 0.3) is 0 Å². The molecule has 4 nitrogen and oxygen atoms in total. The van der Waals surface area contributed by atoms with E-state index >= 15 is 0 Å². The van der Waals surface area contributed by atoms with Crippen LogP contribution in [0.25, 0.3) is 0 Å². The van der Waals surface area contributed by atoms with Gasteiger partial charge >= 0.3 is 0 Å². The Morgan fingerprint density at radius 3 is 2.65 bits per heavy atom. The molecular weight excluding hydrogens is 297 g/mol. The molecule has 0 bridgehead atoms. The van der Waals surface area contributed by atoms with Crippen LogP contribution in [0.2, 0.25) is 0 Å². The zero-order valence-corrected chi connectivity index (χ0v) is 13.5. The summed E-state index contributed by atoms with van der Waals surface area (Å²) in [4.78, 5) is 11.7. The fraction of sp³-hybridized carbons (Fsp3) is 0.278. The lowest BCUT2D eigenvalue weighted by molar-refractivity contribution is -0.123. The average molecular weight is 317 g/mol. The molecule has 0 aliphatic rings. The molecule has 0 aliphatic heterocycles. The number of anilines is 1. The second-order valence-electron chi connectivity index (χ2n) is 5.35. The van der Waals surface area contributed by atoms with E-state index in [2.05, 4.69) is 0 Å². The van der Waals surface area contributed by atoms with E-state index in [9.17, 15) is 14.4 Å². The van der Waals surface area contributed by atoms with Crippen LogP contribution in [-0.4, -0.2) is 11.1 Å². The highest BCUT2D eigenvalue weighted by molar-refractivity contribution is 5.91. The van der Waals surface area contributed by atoms with Gasteiger partial charge in [0.05, 0.1) is 11.3 Å². The Kier molecular flexibility index (Phi) is 5.34. The zero-order valence-electron chi connectivity index (χ0n) is 13.5. The van der Waals surface area contributed by atoms with E-state index in [0.717, 1.165) is 11.1 Å². The summed E-state index contributed by atoms with van der Waals surface area (Å²) in [5, 5.41) is 10.4. The van der Waals surface area contributed by atoms with E-state index in [1.54, 1.807) is 6.92 Å². The fourth-order valence-electron chi connectivity index (χ4n) is 2.28. The van der Waals surface area contributed by atoms with Crippen LogP contribution >= 0.6 is 0 Å². The summed E-state index contributed by atoms with van der Waals surface area (Å²) in [7, 11) is 0. The molecule has 5 heteroatoms. The normalized spacial score (nSPS) is 10.5. The summed E-state index contributed by atoms with van der Waals surface area (Å²) < 4.78 is 19.8. The highest BCUT2D eigenvalue weighted by Gasteiger charge is 2.18. The van der Waals surface area contributed by atoms with Crippen molar-refractivity contribution in [3.63, 3.8) is 0 Å². The molecule has 2 aromatic carbocycles. The minimum atomic E-state index is -0.532. The minimum absolute atomic E-state index is 0.0834. The molecule has 0 saturated carbocycles. The van der Waals surface area contributed by atoms with E-state index in [1.807, 2.05) is 32.0 Å². The molecule has 0 saturated heterocycles. The van der Waals surface area contributed by atoms with Crippen LogP contribution < -0.4 is 9.80 Å². The van der Waals surface area contributed by atoms with E-state index in [-0.39, 0.29) is 24.3 Å². The molecule has 0 spiro atoms. The maximum atomic E-state index is 14.1. The van der Waals surface area contributed by atoms with Crippen LogP contribution in [0.5, 0.6) is 5.75 Å². The fourth-order valence-corrected chi connectivity index (χ4v) is 2.28. The number of hydrogen-bond acceptors (Lipinski definition) is 3. The van der Waals surface area contributed by atoms with Crippen molar-refractivity contribution in [3.05, 3.63) is 58.9 Å². The predicted molar refractivity (Wildman–Crippen MR) is 86.2 cm³/mol. The second kappa shape index (κ2) is 7.24.